The molecular formula is C28H53ClO4. The quantitative estimate of drug-likeness (QED) is 0.0692. The van der Waals surface area contributed by atoms with Crippen molar-refractivity contribution in [1.82, 2.24) is 0 Å². The molecule has 0 unspecified atom stereocenters. The largest absolute Gasteiger partial charge is 0.466 e. The molecule has 4 nitrogen and oxygen atoms in total. The van der Waals surface area contributed by atoms with Crippen LogP contribution in [0.1, 0.15) is 148 Å². The molecule has 0 spiro atoms. The molecule has 0 amide bonds. The molecular weight excluding hydrogens is 436 g/mol. The Morgan fingerprint density at radius 1 is 0.485 bits per heavy atom. The summed E-state index contributed by atoms with van der Waals surface area (Å²) in [5.74, 6) is 0.338. The average molecular weight is 489 g/mol. The Morgan fingerprint density at radius 2 is 0.818 bits per heavy atom. The van der Waals surface area contributed by atoms with E-state index in [1.807, 2.05) is 0 Å². The summed E-state index contributed by atoms with van der Waals surface area (Å²) >= 11 is 5.65. The summed E-state index contributed by atoms with van der Waals surface area (Å²) < 4.78 is 10.5. The fourth-order valence-corrected chi connectivity index (χ4v) is 4.11. The highest BCUT2D eigenvalue weighted by atomic mass is 35.5. The van der Waals surface area contributed by atoms with Crippen LogP contribution in [0.4, 0.5) is 0 Å². The van der Waals surface area contributed by atoms with E-state index in [1.165, 1.54) is 89.9 Å². The van der Waals surface area contributed by atoms with Crippen molar-refractivity contribution in [3.8, 4) is 0 Å². The van der Waals surface area contributed by atoms with E-state index in [0.29, 0.717) is 32.5 Å². The SMILES string of the molecule is CCCCCCCCCCCCCCCOC(=O)CCCC(=O)OCCCCCCCCCl. The van der Waals surface area contributed by atoms with Crippen molar-refractivity contribution in [2.45, 2.75) is 148 Å². The van der Waals surface area contributed by atoms with E-state index in [2.05, 4.69) is 6.92 Å². The average Bonchev–Trinajstić information content (AvgIpc) is 2.81. The van der Waals surface area contributed by atoms with Crippen LogP contribution >= 0.6 is 11.6 Å². The van der Waals surface area contributed by atoms with Crippen molar-refractivity contribution in [2.75, 3.05) is 19.1 Å². The molecule has 0 atom stereocenters. The van der Waals surface area contributed by atoms with Gasteiger partial charge in [-0.05, 0) is 25.7 Å². The van der Waals surface area contributed by atoms with E-state index in [0.717, 1.165) is 38.0 Å². The van der Waals surface area contributed by atoms with Crippen molar-refractivity contribution in [3.05, 3.63) is 0 Å². The van der Waals surface area contributed by atoms with Crippen molar-refractivity contribution >= 4 is 23.5 Å². The second kappa shape index (κ2) is 27.5. The molecule has 0 aliphatic carbocycles. The number of hydrogen-bond donors (Lipinski definition) is 0. The van der Waals surface area contributed by atoms with Crippen molar-refractivity contribution < 1.29 is 19.1 Å². The molecule has 0 saturated carbocycles. The number of ether oxygens (including phenoxy) is 2. The molecule has 0 saturated heterocycles. The van der Waals surface area contributed by atoms with Crippen LogP contribution in [-0.2, 0) is 19.1 Å². The molecule has 33 heavy (non-hydrogen) atoms. The van der Waals surface area contributed by atoms with Crippen LogP contribution in [0.3, 0.4) is 0 Å². The summed E-state index contributed by atoms with van der Waals surface area (Å²) in [6.07, 6.45) is 24.7. The van der Waals surface area contributed by atoms with E-state index in [1.54, 1.807) is 0 Å². The van der Waals surface area contributed by atoms with Crippen molar-refractivity contribution in [1.29, 1.82) is 0 Å². The van der Waals surface area contributed by atoms with Crippen LogP contribution in [0.15, 0.2) is 0 Å². The predicted octanol–water partition coefficient (Wildman–Crippen LogP) is 8.91. The van der Waals surface area contributed by atoms with Gasteiger partial charge in [-0.25, -0.2) is 0 Å². The molecule has 0 heterocycles. The number of alkyl halides is 1. The maximum atomic E-state index is 11.8. The maximum Gasteiger partial charge on any atom is 0.305 e. The maximum absolute atomic E-state index is 11.8. The molecule has 0 bridgehead atoms. The standard InChI is InChI=1S/C28H53ClO4/c1-2-3-4-5-6-7-8-9-10-11-13-16-19-25-32-27(30)22-21-23-28(31)33-26-20-17-14-12-15-18-24-29/h2-26H2,1H3. The Morgan fingerprint density at radius 3 is 1.18 bits per heavy atom. The Balaban J connectivity index is 3.27. The Bertz CT molecular complexity index is 428. The molecule has 0 aromatic carbocycles. The van der Waals surface area contributed by atoms with Gasteiger partial charge in [0.05, 0.1) is 13.2 Å². The van der Waals surface area contributed by atoms with Crippen molar-refractivity contribution in [3.63, 3.8) is 0 Å². The number of esters is 2. The monoisotopic (exact) mass is 488 g/mol. The Labute approximate surface area is 209 Å². The molecule has 0 radical (unpaired) electrons. The third-order valence-electron chi connectivity index (χ3n) is 6.06. The smallest absolute Gasteiger partial charge is 0.305 e. The minimum absolute atomic E-state index is 0.196. The van der Waals surface area contributed by atoms with Gasteiger partial charge < -0.3 is 9.47 Å². The van der Waals surface area contributed by atoms with Crippen LogP contribution in [0.5, 0.6) is 0 Å². The zero-order valence-electron chi connectivity index (χ0n) is 21.7. The van der Waals surface area contributed by atoms with Gasteiger partial charge in [0.15, 0.2) is 0 Å². The summed E-state index contributed by atoms with van der Waals surface area (Å²) in [5, 5.41) is 0. The lowest BCUT2D eigenvalue weighted by molar-refractivity contribution is -0.145. The number of carbonyl (C=O) groups is 2. The van der Waals surface area contributed by atoms with Gasteiger partial charge in [-0.1, -0.05) is 110 Å². The zero-order valence-corrected chi connectivity index (χ0v) is 22.4. The van der Waals surface area contributed by atoms with E-state index in [4.69, 9.17) is 21.1 Å². The minimum atomic E-state index is -0.207. The molecule has 0 N–H and O–H groups in total. The summed E-state index contributed by atoms with van der Waals surface area (Å²) in [5.41, 5.74) is 0. The first-order valence-corrected chi connectivity index (χ1v) is 14.6. The topological polar surface area (TPSA) is 52.6 Å². The summed E-state index contributed by atoms with van der Waals surface area (Å²) in [7, 11) is 0. The normalized spacial score (nSPS) is 11.0. The van der Waals surface area contributed by atoms with Crippen LogP contribution in [0.2, 0.25) is 0 Å². The van der Waals surface area contributed by atoms with Crippen molar-refractivity contribution in [2.24, 2.45) is 0 Å². The van der Waals surface area contributed by atoms with Crippen LogP contribution in [0.25, 0.3) is 0 Å². The highest BCUT2D eigenvalue weighted by Crippen LogP contribution is 2.12. The third-order valence-corrected chi connectivity index (χ3v) is 6.33. The Kier molecular flexibility index (Phi) is 26.8. The molecule has 0 rings (SSSR count). The van der Waals surface area contributed by atoms with Crippen LogP contribution in [-0.4, -0.2) is 31.0 Å². The van der Waals surface area contributed by atoms with Gasteiger partial charge in [0, 0.05) is 18.7 Å². The highest BCUT2D eigenvalue weighted by molar-refractivity contribution is 6.17. The van der Waals surface area contributed by atoms with Gasteiger partial charge >= 0.3 is 11.9 Å². The van der Waals surface area contributed by atoms with Gasteiger partial charge in [0.2, 0.25) is 0 Å². The van der Waals surface area contributed by atoms with E-state index < -0.39 is 0 Å². The fourth-order valence-electron chi connectivity index (χ4n) is 3.92. The first-order chi connectivity index (χ1) is 16.2. The van der Waals surface area contributed by atoms with Crippen LogP contribution < -0.4 is 0 Å². The van der Waals surface area contributed by atoms with E-state index >= 15 is 0 Å². The molecule has 0 aliphatic heterocycles. The second-order valence-corrected chi connectivity index (χ2v) is 9.73. The van der Waals surface area contributed by atoms with E-state index in [-0.39, 0.29) is 11.9 Å². The minimum Gasteiger partial charge on any atom is -0.466 e. The second-order valence-electron chi connectivity index (χ2n) is 9.35. The lowest BCUT2D eigenvalue weighted by Crippen LogP contribution is -2.09. The Hall–Kier alpha value is -0.770. The van der Waals surface area contributed by atoms with Gasteiger partial charge in [-0.15, -0.1) is 11.6 Å². The number of halogens is 1. The molecule has 0 aromatic rings. The molecule has 0 aromatic heterocycles. The number of rotatable bonds is 26. The fraction of sp³-hybridized carbons (Fsp3) is 0.929. The van der Waals surface area contributed by atoms with Gasteiger partial charge in [0.1, 0.15) is 0 Å². The third kappa shape index (κ3) is 27.4. The summed E-state index contributed by atoms with van der Waals surface area (Å²) in [6, 6.07) is 0. The molecule has 196 valence electrons. The predicted molar refractivity (Wildman–Crippen MR) is 140 cm³/mol. The summed E-state index contributed by atoms with van der Waals surface area (Å²) in [6.45, 7) is 3.26. The lowest BCUT2D eigenvalue weighted by atomic mass is 10.0. The lowest BCUT2D eigenvalue weighted by Gasteiger charge is -2.06. The van der Waals surface area contributed by atoms with Gasteiger partial charge in [-0.2, -0.15) is 0 Å². The molecule has 0 fully saturated rings. The zero-order chi connectivity index (χ0) is 24.2. The highest BCUT2D eigenvalue weighted by Gasteiger charge is 2.07. The molecule has 0 aliphatic rings. The number of hydrogen-bond acceptors (Lipinski definition) is 4. The van der Waals surface area contributed by atoms with Gasteiger partial charge in [-0.3, -0.25) is 9.59 Å². The molecule has 5 heteroatoms. The number of unbranched alkanes of at least 4 members (excludes halogenated alkanes) is 17. The van der Waals surface area contributed by atoms with Gasteiger partial charge in [0.25, 0.3) is 0 Å². The first kappa shape index (κ1) is 32.2. The first-order valence-electron chi connectivity index (χ1n) is 14.1. The van der Waals surface area contributed by atoms with E-state index in [9.17, 15) is 9.59 Å². The number of carbonyl (C=O) groups excluding carboxylic acids is 2. The van der Waals surface area contributed by atoms with Crippen LogP contribution in [0, 0.1) is 0 Å². The summed E-state index contributed by atoms with van der Waals surface area (Å²) in [4.78, 5) is 23.5.